The lowest BCUT2D eigenvalue weighted by atomic mass is 10.1. The lowest BCUT2D eigenvalue weighted by Gasteiger charge is -2.26. The van der Waals surface area contributed by atoms with Gasteiger partial charge in [0.1, 0.15) is 0 Å². The molecule has 0 aliphatic carbocycles. The molecule has 0 saturated heterocycles. The van der Waals surface area contributed by atoms with Crippen molar-refractivity contribution in [2.24, 2.45) is 5.92 Å². The fraction of sp³-hybridized carbons (Fsp3) is 0.562. The maximum atomic E-state index is 8.97. The monoisotopic (exact) mass is 337 g/mol. The zero-order chi connectivity index (χ0) is 15.1. The largest absolute Gasteiger partial charge is 0.370 e. The number of hydrogen-bond acceptors (Lipinski definition) is 3. The predicted octanol–water partition coefficient (Wildman–Crippen LogP) is 4.11. The third kappa shape index (κ3) is 4.50. The summed E-state index contributed by atoms with van der Waals surface area (Å²) in [6.45, 7) is 11.0. The fourth-order valence-electron chi connectivity index (χ4n) is 2.24. The number of anilines is 1. The number of rotatable bonds is 7. The van der Waals surface area contributed by atoms with Crippen LogP contribution in [0.4, 0.5) is 5.69 Å². The van der Waals surface area contributed by atoms with E-state index in [9.17, 15) is 0 Å². The molecule has 20 heavy (non-hydrogen) atoms. The molecule has 0 amide bonds. The van der Waals surface area contributed by atoms with Crippen LogP contribution in [0, 0.1) is 17.2 Å². The molecule has 0 aromatic heterocycles. The minimum absolute atomic E-state index is 0.0298. The Kier molecular flexibility index (Phi) is 7.04. The highest BCUT2D eigenvalue weighted by molar-refractivity contribution is 9.10. The van der Waals surface area contributed by atoms with E-state index in [1.807, 2.05) is 6.92 Å². The molecule has 0 saturated carbocycles. The molecule has 1 rings (SSSR count). The summed E-state index contributed by atoms with van der Waals surface area (Å²) in [7, 11) is 0. The van der Waals surface area contributed by atoms with Crippen LogP contribution in [0.1, 0.15) is 39.3 Å². The molecule has 1 aromatic rings. The standard InChI is InChI=1S/C16H24BrN3/c1-5-19-13(4)14-7-8-16(15(17)9-14)20(6-2)11-12(3)10-18/h7-9,12-13,19H,5-6,11H2,1-4H3. The summed E-state index contributed by atoms with van der Waals surface area (Å²) in [5.41, 5.74) is 2.42. The fourth-order valence-corrected chi connectivity index (χ4v) is 2.89. The van der Waals surface area contributed by atoms with Crippen LogP contribution in [0.5, 0.6) is 0 Å². The topological polar surface area (TPSA) is 39.1 Å². The average molecular weight is 338 g/mol. The van der Waals surface area contributed by atoms with Crippen molar-refractivity contribution in [1.82, 2.24) is 5.32 Å². The van der Waals surface area contributed by atoms with Gasteiger partial charge in [-0.15, -0.1) is 0 Å². The first-order valence-corrected chi connectivity index (χ1v) is 8.00. The highest BCUT2D eigenvalue weighted by Crippen LogP contribution is 2.29. The van der Waals surface area contributed by atoms with E-state index in [0.717, 1.165) is 29.8 Å². The van der Waals surface area contributed by atoms with Gasteiger partial charge < -0.3 is 10.2 Å². The molecule has 0 radical (unpaired) electrons. The molecule has 4 heteroatoms. The van der Waals surface area contributed by atoms with Gasteiger partial charge in [0.05, 0.1) is 17.7 Å². The Morgan fingerprint density at radius 3 is 2.55 bits per heavy atom. The lowest BCUT2D eigenvalue weighted by molar-refractivity contribution is 0.597. The molecule has 0 heterocycles. The summed E-state index contributed by atoms with van der Waals surface area (Å²) in [6, 6.07) is 9.11. The van der Waals surface area contributed by atoms with Crippen molar-refractivity contribution in [2.45, 2.75) is 33.7 Å². The number of nitrogens with zero attached hydrogens (tertiary/aromatic N) is 2. The minimum Gasteiger partial charge on any atom is -0.370 e. The number of nitriles is 1. The molecule has 0 bridgehead atoms. The van der Waals surface area contributed by atoms with Crippen molar-refractivity contribution < 1.29 is 0 Å². The average Bonchev–Trinajstić information content (AvgIpc) is 2.45. The number of halogens is 1. The Labute approximate surface area is 131 Å². The zero-order valence-electron chi connectivity index (χ0n) is 12.8. The first-order valence-electron chi connectivity index (χ1n) is 7.20. The quantitative estimate of drug-likeness (QED) is 0.813. The van der Waals surface area contributed by atoms with Crippen molar-refractivity contribution in [3.63, 3.8) is 0 Å². The number of benzene rings is 1. The summed E-state index contributed by atoms with van der Waals surface area (Å²) in [5, 5.41) is 12.4. The molecule has 3 nitrogen and oxygen atoms in total. The minimum atomic E-state index is 0.0298. The predicted molar refractivity (Wildman–Crippen MR) is 88.9 cm³/mol. The lowest BCUT2D eigenvalue weighted by Crippen LogP contribution is -2.28. The van der Waals surface area contributed by atoms with Gasteiger partial charge in [-0.2, -0.15) is 5.26 Å². The maximum Gasteiger partial charge on any atom is 0.0671 e. The Hall–Kier alpha value is -1.05. The third-order valence-electron chi connectivity index (χ3n) is 3.42. The van der Waals surface area contributed by atoms with E-state index in [2.05, 4.69) is 71.2 Å². The molecule has 0 aliphatic heterocycles. The normalized spacial score (nSPS) is 13.6. The van der Waals surface area contributed by atoms with E-state index in [-0.39, 0.29) is 5.92 Å². The molecule has 1 aromatic carbocycles. The van der Waals surface area contributed by atoms with Crippen LogP contribution in [0.3, 0.4) is 0 Å². The van der Waals surface area contributed by atoms with Gasteiger partial charge >= 0.3 is 0 Å². The van der Waals surface area contributed by atoms with Crippen LogP contribution in [0.2, 0.25) is 0 Å². The molecule has 1 N–H and O–H groups in total. The van der Waals surface area contributed by atoms with Gasteiger partial charge in [0.15, 0.2) is 0 Å². The zero-order valence-corrected chi connectivity index (χ0v) is 14.4. The van der Waals surface area contributed by atoms with E-state index < -0.39 is 0 Å². The highest BCUT2D eigenvalue weighted by atomic mass is 79.9. The summed E-state index contributed by atoms with van der Waals surface area (Å²) in [5.74, 6) is 0.0298. The molecule has 0 spiro atoms. The third-order valence-corrected chi connectivity index (χ3v) is 4.05. The summed E-state index contributed by atoms with van der Waals surface area (Å²) in [6.07, 6.45) is 0. The smallest absolute Gasteiger partial charge is 0.0671 e. The summed E-state index contributed by atoms with van der Waals surface area (Å²) < 4.78 is 1.09. The van der Waals surface area contributed by atoms with Gasteiger partial charge in [-0.25, -0.2) is 0 Å². The van der Waals surface area contributed by atoms with Crippen molar-refractivity contribution in [3.05, 3.63) is 28.2 Å². The Morgan fingerprint density at radius 2 is 2.05 bits per heavy atom. The van der Waals surface area contributed by atoms with Crippen molar-refractivity contribution in [1.29, 1.82) is 5.26 Å². The van der Waals surface area contributed by atoms with Crippen LogP contribution < -0.4 is 10.2 Å². The van der Waals surface area contributed by atoms with E-state index in [1.165, 1.54) is 5.56 Å². The second-order valence-electron chi connectivity index (χ2n) is 5.06. The molecule has 0 fully saturated rings. The van der Waals surface area contributed by atoms with Crippen LogP contribution in [0.15, 0.2) is 22.7 Å². The Balaban J connectivity index is 2.93. The Morgan fingerprint density at radius 1 is 1.35 bits per heavy atom. The SMILES string of the molecule is CCNC(C)c1ccc(N(CC)CC(C)C#N)c(Br)c1. The van der Waals surface area contributed by atoms with E-state index in [1.54, 1.807) is 0 Å². The first kappa shape index (κ1) is 17.0. The second kappa shape index (κ2) is 8.28. The first-order chi connectivity index (χ1) is 9.53. The van der Waals surface area contributed by atoms with Gasteiger partial charge in [-0.3, -0.25) is 0 Å². The number of nitrogens with one attached hydrogen (secondary N) is 1. The van der Waals surface area contributed by atoms with E-state index in [0.29, 0.717) is 6.04 Å². The molecule has 2 unspecified atom stereocenters. The molecular weight excluding hydrogens is 314 g/mol. The number of hydrogen-bond donors (Lipinski definition) is 1. The van der Waals surface area contributed by atoms with Crippen molar-refractivity contribution >= 4 is 21.6 Å². The van der Waals surface area contributed by atoms with Gasteiger partial charge in [-0.05, 0) is 60.9 Å². The van der Waals surface area contributed by atoms with Gasteiger partial charge in [0.25, 0.3) is 0 Å². The van der Waals surface area contributed by atoms with Gasteiger partial charge in [0, 0.05) is 23.6 Å². The highest BCUT2D eigenvalue weighted by Gasteiger charge is 2.13. The van der Waals surface area contributed by atoms with Gasteiger partial charge in [0.2, 0.25) is 0 Å². The second-order valence-corrected chi connectivity index (χ2v) is 5.91. The molecule has 2 atom stereocenters. The van der Waals surface area contributed by atoms with E-state index in [4.69, 9.17) is 5.26 Å². The summed E-state index contributed by atoms with van der Waals surface area (Å²) in [4.78, 5) is 2.24. The maximum absolute atomic E-state index is 8.97. The summed E-state index contributed by atoms with van der Waals surface area (Å²) >= 11 is 3.67. The Bertz CT molecular complexity index is 467. The molecular formula is C16H24BrN3. The van der Waals surface area contributed by atoms with Crippen LogP contribution in [0.25, 0.3) is 0 Å². The van der Waals surface area contributed by atoms with Crippen LogP contribution >= 0.6 is 15.9 Å². The molecule has 0 aliphatic rings. The van der Waals surface area contributed by atoms with Crippen molar-refractivity contribution in [3.8, 4) is 6.07 Å². The van der Waals surface area contributed by atoms with Crippen molar-refractivity contribution in [2.75, 3.05) is 24.5 Å². The van der Waals surface area contributed by atoms with Crippen LogP contribution in [-0.2, 0) is 0 Å². The van der Waals surface area contributed by atoms with Gasteiger partial charge in [-0.1, -0.05) is 13.0 Å². The van der Waals surface area contributed by atoms with Crippen LogP contribution in [-0.4, -0.2) is 19.6 Å². The molecule has 110 valence electrons. The van der Waals surface area contributed by atoms with E-state index >= 15 is 0 Å².